The number of nitrogens with zero attached hydrogens (tertiary/aromatic N) is 3. The monoisotopic (exact) mass is 358 g/mol. The van der Waals surface area contributed by atoms with Crippen LogP contribution in [-0.2, 0) is 4.74 Å². The van der Waals surface area contributed by atoms with Gasteiger partial charge in [0.25, 0.3) is 0 Å². The number of fused-ring (bicyclic) bond motifs is 1. The van der Waals surface area contributed by atoms with E-state index in [-0.39, 0.29) is 5.78 Å². The first kappa shape index (κ1) is 17.2. The number of esters is 1. The van der Waals surface area contributed by atoms with Gasteiger partial charge in [0.1, 0.15) is 0 Å². The third-order valence-electron chi connectivity index (χ3n) is 4.01. The van der Waals surface area contributed by atoms with Crippen LogP contribution in [0.3, 0.4) is 0 Å². The zero-order chi connectivity index (χ0) is 18.1. The van der Waals surface area contributed by atoms with Gasteiger partial charge >= 0.3 is 5.97 Å². The van der Waals surface area contributed by atoms with Crippen LogP contribution >= 0.6 is 11.8 Å². The molecule has 1 atom stereocenters. The Balaban J connectivity index is 1.87. The Bertz CT molecular complexity index is 960. The largest absolute Gasteiger partial charge is 0.465 e. The van der Waals surface area contributed by atoms with E-state index in [1.807, 2.05) is 35.7 Å². The van der Waals surface area contributed by atoms with E-state index in [2.05, 4.69) is 15.2 Å². The molecule has 3 aromatic rings. The molecule has 0 aliphatic carbocycles. The average molecular weight is 358 g/mol. The van der Waals surface area contributed by atoms with E-state index in [9.17, 15) is 9.59 Å². The fourth-order valence-electron chi connectivity index (χ4n) is 2.72. The summed E-state index contributed by atoms with van der Waals surface area (Å²) in [5.41, 5.74) is 2.79. The number of ketones is 1. The zero-order valence-corrected chi connectivity index (χ0v) is 15.2. The molecule has 25 heavy (non-hydrogen) atoms. The van der Waals surface area contributed by atoms with Crippen molar-refractivity contribution < 1.29 is 14.3 Å². The van der Waals surface area contributed by atoms with E-state index in [1.165, 1.54) is 18.9 Å². The van der Waals surface area contributed by atoms with Crippen LogP contribution in [0.1, 0.15) is 39.0 Å². The Hall–Kier alpha value is -2.61. The van der Waals surface area contributed by atoms with Gasteiger partial charge in [0.2, 0.25) is 0 Å². The summed E-state index contributed by atoms with van der Waals surface area (Å²) in [6.07, 6.45) is 1.86. The van der Waals surface area contributed by atoms with Crippen LogP contribution in [0.2, 0.25) is 0 Å². The van der Waals surface area contributed by atoms with Crippen molar-refractivity contribution in [3.05, 3.63) is 46.9 Å². The number of nitrogens with one attached hydrogen (secondary N) is 1. The first-order chi connectivity index (χ1) is 11.9. The summed E-state index contributed by atoms with van der Waals surface area (Å²) in [6.45, 7) is 5.30. The smallest absolute Gasteiger partial charge is 0.339 e. The Morgan fingerprint density at radius 1 is 1.28 bits per heavy atom. The minimum absolute atomic E-state index is 0.103. The van der Waals surface area contributed by atoms with Crippen molar-refractivity contribution in [2.24, 2.45) is 0 Å². The molecule has 0 aromatic carbocycles. The number of pyridine rings is 1. The number of carbonyl (C=O) groups is 2. The van der Waals surface area contributed by atoms with Gasteiger partial charge in [-0.3, -0.25) is 9.20 Å². The second kappa shape index (κ2) is 6.72. The summed E-state index contributed by atoms with van der Waals surface area (Å²) in [4.78, 5) is 27.7. The molecule has 0 saturated heterocycles. The first-order valence-electron chi connectivity index (χ1n) is 7.72. The number of aryl methyl sites for hydroxylation is 1. The maximum atomic E-state index is 12.8. The van der Waals surface area contributed by atoms with Crippen molar-refractivity contribution >= 4 is 29.2 Å². The van der Waals surface area contributed by atoms with Crippen molar-refractivity contribution in [3.63, 3.8) is 0 Å². The number of aromatic amines is 1. The van der Waals surface area contributed by atoms with Gasteiger partial charge in [0.05, 0.1) is 23.6 Å². The fourth-order valence-corrected chi connectivity index (χ4v) is 3.62. The topological polar surface area (TPSA) is 89.4 Å². The number of carbonyl (C=O) groups excluding carboxylic acids is 2. The van der Waals surface area contributed by atoms with Crippen LogP contribution in [0.15, 0.2) is 29.6 Å². The zero-order valence-electron chi connectivity index (χ0n) is 14.4. The van der Waals surface area contributed by atoms with Crippen LogP contribution < -0.4 is 0 Å². The molecule has 3 aromatic heterocycles. The second-order valence-corrected chi connectivity index (χ2v) is 6.96. The van der Waals surface area contributed by atoms with Crippen molar-refractivity contribution in [1.82, 2.24) is 19.6 Å². The summed E-state index contributed by atoms with van der Waals surface area (Å²) in [5.74, 6) is -0.553. The standard InChI is InChI=1S/C17H18N4O3S/c1-9-13(16(23)24-4)10(2)18-14(9)15(22)11(3)25-17-20-19-12-7-5-6-8-21(12)17/h5-8,11,18H,1-4H3/t11-/m0/s1. The molecule has 0 unspecified atom stereocenters. The Morgan fingerprint density at radius 3 is 2.76 bits per heavy atom. The van der Waals surface area contributed by atoms with Gasteiger partial charge in [-0.25, -0.2) is 4.79 Å². The summed E-state index contributed by atoms with van der Waals surface area (Å²) >= 11 is 1.32. The van der Waals surface area contributed by atoms with E-state index < -0.39 is 11.2 Å². The highest BCUT2D eigenvalue weighted by Crippen LogP contribution is 2.27. The molecule has 0 amide bonds. The Labute approximate surface area is 148 Å². The highest BCUT2D eigenvalue weighted by atomic mass is 32.2. The number of rotatable bonds is 5. The quantitative estimate of drug-likeness (QED) is 0.428. The maximum Gasteiger partial charge on any atom is 0.339 e. The summed E-state index contributed by atoms with van der Waals surface area (Å²) < 4.78 is 6.62. The number of aromatic nitrogens is 4. The molecule has 8 heteroatoms. The lowest BCUT2D eigenvalue weighted by Gasteiger charge is -2.09. The van der Waals surface area contributed by atoms with E-state index in [0.717, 1.165) is 5.65 Å². The molecule has 0 bridgehead atoms. The molecule has 3 rings (SSSR count). The van der Waals surface area contributed by atoms with Crippen molar-refractivity contribution in [1.29, 1.82) is 0 Å². The molecule has 3 heterocycles. The van der Waals surface area contributed by atoms with Crippen LogP contribution in [-0.4, -0.2) is 43.7 Å². The number of H-pyrrole nitrogens is 1. The van der Waals surface area contributed by atoms with Crippen LogP contribution in [0.4, 0.5) is 0 Å². The Morgan fingerprint density at radius 2 is 2.04 bits per heavy atom. The molecule has 0 spiro atoms. The summed E-state index contributed by atoms with van der Waals surface area (Å²) in [6, 6.07) is 5.62. The molecule has 0 fully saturated rings. The van der Waals surface area contributed by atoms with Crippen molar-refractivity contribution in [3.8, 4) is 0 Å². The maximum absolute atomic E-state index is 12.8. The van der Waals surface area contributed by atoms with E-state index >= 15 is 0 Å². The molecule has 0 radical (unpaired) electrons. The lowest BCUT2D eigenvalue weighted by Crippen LogP contribution is -2.16. The molecular weight excluding hydrogens is 340 g/mol. The Kier molecular flexibility index (Phi) is 4.63. The summed E-state index contributed by atoms with van der Waals surface area (Å²) in [5, 5.41) is 8.47. The number of thioether (sulfide) groups is 1. The summed E-state index contributed by atoms with van der Waals surface area (Å²) in [7, 11) is 1.32. The van der Waals surface area contributed by atoms with Gasteiger partial charge in [-0.1, -0.05) is 17.8 Å². The molecule has 7 nitrogen and oxygen atoms in total. The van der Waals surface area contributed by atoms with Gasteiger partial charge in [-0.05, 0) is 38.5 Å². The molecule has 0 aliphatic rings. The predicted molar refractivity (Wildman–Crippen MR) is 94.2 cm³/mol. The van der Waals surface area contributed by atoms with Gasteiger partial charge in [0.15, 0.2) is 16.6 Å². The number of hydrogen-bond donors (Lipinski definition) is 1. The molecule has 0 aliphatic heterocycles. The molecule has 0 saturated carbocycles. The number of Topliss-reactive ketones (excluding diaryl/α,β-unsaturated/α-hetero) is 1. The minimum Gasteiger partial charge on any atom is -0.465 e. The number of methoxy groups -OCH3 is 1. The third-order valence-corrected chi connectivity index (χ3v) is 5.06. The van der Waals surface area contributed by atoms with Gasteiger partial charge in [0, 0.05) is 11.9 Å². The van der Waals surface area contributed by atoms with Gasteiger partial charge in [-0.15, -0.1) is 10.2 Å². The van der Waals surface area contributed by atoms with Crippen LogP contribution in [0, 0.1) is 13.8 Å². The molecule has 1 N–H and O–H groups in total. The van der Waals surface area contributed by atoms with E-state index in [1.54, 1.807) is 13.8 Å². The van der Waals surface area contributed by atoms with Crippen LogP contribution in [0.25, 0.3) is 5.65 Å². The lowest BCUT2D eigenvalue weighted by atomic mass is 10.1. The minimum atomic E-state index is -0.450. The fraction of sp³-hybridized carbons (Fsp3) is 0.294. The van der Waals surface area contributed by atoms with Crippen LogP contribution in [0.5, 0.6) is 0 Å². The van der Waals surface area contributed by atoms with Crippen molar-refractivity contribution in [2.75, 3.05) is 7.11 Å². The highest BCUT2D eigenvalue weighted by molar-refractivity contribution is 8.00. The molecular formula is C17H18N4O3S. The van der Waals surface area contributed by atoms with Gasteiger partial charge < -0.3 is 9.72 Å². The average Bonchev–Trinajstić information content (AvgIpc) is 3.14. The third kappa shape index (κ3) is 3.05. The molecule has 130 valence electrons. The van der Waals surface area contributed by atoms with E-state index in [0.29, 0.717) is 27.7 Å². The van der Waals surface area contributed by atoms with Crippen molar-refractivity contribution in [2.45, 2.75) is 31.2 Å². The number of hydrogen-bond acceptors (Lipinski definition) is 6. The van der Waals surface area contributed by atoms with Gasteiger partial charge in [-0.2, -0.15) is 0 Å². The lowest BCUT2D eigenvalue weighted by molar-refractivity contribution is 0.0599. The normalized spacial score (nSPS) is 12.3. The first-order valence-corrected chi connectivity index (χ1v) is 8.60. The van der Waals surface area contributed by atoms with E-state index in [4.69, 9.17) is 4.74 Å². The predicted octanol–water partition coefficient (Wildman–Crippen LogP) is 2.82. The number of ether oxygens (including phenoxy) is 1. The highest BCUT2D eigenvalue weighted by Gasteiger charge is 2.26. The SMILES string of the molecule is COC(=O)c1c(C)[nH]c(C(=O)[C@H](C)Sc2nnc3ccccn23)c1C. The second-order valence-electron chi connectivity index (χ2n) is 5.65.